The Labute approximate surface area is 109 Å². The molecule has 0 saturated carbocycles. The van der Waals surface area contributed by atoms with Crippen molar-refractivity contribution in [2.24, 2.45) is 0 Å². The highest BCUT2D eigenvalue weighted by molar-refractivity contribution is 6.20. The highest BCUT2D eigenvalue weighted by Crippen LogP contribution is 2.31. The van der Waals surface area contributed by atoms with Crippen LogP contribution in [0, 0.1) is 0 Å². The molecule has 0 spiro atoms. The van der Waals surface area contributed by atoms with E-state index in [1.807, 2.05) is 0 Å². The predicted molar refractivity (Wildman–Crippen MR) is 71.6 cm³/mol. The van der Waals surface area contributed by atoms with Crippen molar-refractivity contribution in [3.05, 3.63) is 23.3 Å². The molecule has 0 aliphatic heterocycles. The molecule has 2 rings (SSSR count). The number of nitrogens with zero attached hydrogens (tertiary/aromatic N) is 2. The van der Waals surface area contributed by atoms with Crippen LogP contribution in [0.1, 0.15) is 62.4 Å². The fourth-order valence-electron chi connectivity index (χ4n) is 2.78. The zero-order valence-electron chi connectivity index (χ0n) is 10.7. The first kappa shape index (κ1) is 12.8. The van der Waals surface area contributed by atoms with E-state index >= 15 is 0 Å². The van der Waals surface area contributed by atoms with E-state index in [1.165, 1.54) is 36.2 Å². The van der Waals surface area contributed by atoms with E-state index in [0.29, 0.717) is 5.92 Å². The first-order chi connectivity index (χ1) is 8.24. The first-order valence-corrected chi connectivity index (χ1v) is 7.14. The summed E-state index contributed by atoms with van der Waals surface area (Å²) in [5.74, 6) is 0.367. The van der Waals surface area contributed by atoms with E-state index in [1.54, 1.807) is 6.33 Å². The van der Waals surface area contributed by atoms with Crippen molar-refractivity contribution in [3.63, 3.8) is 0 Å². The van der Waals surface area contributed by atoms with Crippen LogP contribution in [0.2, 0.25) is 0 Å². The SMILES string of the molecule is CCC(c1ncnc2c1CCCCC2)C(C)Cl. The Morgan fingerprint density at radius 3 is 2.71 bits per heavy atom. The summed E-state index contributed by atoms with van der Waals surface area (Å²) in [7, 11) is 0. The standard InChI is InChI=1S/C14H21ClN2/c1-3-11(10(2)15)14-12-7-5-4-6-8-13(12)16-9-17-14/h9-11H,3-8H2,1-2H3. The molecule has 2 atom stereocenters. The van der Waals surface area contributed by atoms with E-state index in [4.69, 9.17) is 11.6 Å². The van der Waals surface area contributed by atoms with Crippen LogP contribution < -0.4 is 0 Å². The van der Waals surface area contributed by atoms with Crippen molar-refractivity contribution in [2.45, 2.75) is 63.7 Å². The molecule has 1 aromatic heterocycles. The minimum Gasteiger partial charge on any atom is -0.241 e. The Balaban J connectivity index is 2.39. The van der Waals surface area contributed by atoms with Gasteiger partial charge in [-0.15, -0.1) is 11.6 Å². The molecule has 0 N–H and O–H groups in total. The van der Waals surface area contributed by atoms with Crippen LogP contribution in [0.3, 0.4) is 0 Å². The van der Waals surface area contributed by atoms with Crippen LogP contribution >= 0.6 is 11.6 Å². The second-order valence-electron chi connectivity index (χ2n) is 4.94. The third-order valence-electron chi connectivity index (χ3n) is 3.75. The van der Waals surface area contributed by atoms with E-state index in [2.05, 4.69) is 23.8 Å². The van der Waals surface area contributed by atoms with Gasteiger partial charge in [0.1, 0.15) is 6.33 Å². The van der Waals surface area contributed by atoms with Gasteiger partial charge in [-0.3, -0.25) is 0 Å². The highest BCUT2D eigenvalue weighted by Gasteiger charge is 2.23. The van der Waals surface area contributed by atoms with Crippen molar-refractivity contribution in [1.29, 1.82) is 0 Å². The Morgan fingerprint density at radius 1 is 1.24 bits per heavy atom. The summed E-state index contributed by atoms with van der Waals surface area (Å²) in [6, 6.07) is 0. The molecule has 94 valence electrons. The number of halogens is 1. The molecule has 0 fully saturated rings. The lowest BCUT2D eigenvalue weighted by atomic mass is 9.92. The molecule has 3 heteroatoms. The molecule has 17 heavy (non-hydrogen) atoms. The maximum absolute atomic E-state index is 6.30. The normalized spacial score (nSPS) is 19.2. The molecular formula is C14H21ClN2. The van der Waals surface area contributed by atoms with Crippen molar-refractivity contribution in [1.82, 2.24) is 9.97 Å². The molecular weight excluding hydrogens is 232 g/mol. The lowest BCUT2D eigenvalue weighted by Crippen LogP contribution is -2.15. The van der Waals surface area contributed by atoms with Crippen LogP contribution in [0.4, 0.5) is 0 Å². The fraction of sp³-hybridized carbons (Fsp3) is 0.714. The first-order valence-electron chi connectivity index (χ1n) is 6.70. The quantitative estimate of drug-likeness (QED) is 0.603. The molecule has 1 aliphatic carbocycles. The molecule has 1 heterocycles. The minimum absolute atomic E-state index is 0.141. The Bertz CT molecular complexity index is 376. The number of hydrogen-bond acceptors (Lipinski definition) is 2. The van der Waals surface area contributed by atoms with E-state index in [9.17, 15) is 0 Å². The summed E-state index contributed by atoms with van der Waals surface area (Å²) >= 11 is 6.30. The number of rotatable bonds is 3. The zero-order valence-corrected chi connectivity index (χ0v) is 11.5. The predicted octanol–water partition coefficient (Wildman–Crippen LogP) is 3.87. The average Bonchev–Trinajstić information content (AvgIpc) is 2.55. The van der Waals surface area contributed by atoms with Gasteiger partial charge in [0.05, 0.1) is 5.69 Å². The van der Waals surface area contributed by atoms with E-state index in [0.717, 1.165) is 19.3 Å². The largest absolute Gasteiger partial charge is 0.241 e. The minimum atomic E-state index is 0.141. The maximum atomic E-state index is 6.30. The van der Waals surface area contributed by atoms with Gasteiger partial charge in [0, 0.05) is 17.0 Å². The lowest BCUT2D eigenvalue weighted by Gasteiger charge is -2.20. The maximum Gasteiger partial charge on any atom is 0.115 e. The topological polar surface area (TPSA) is 25.8 Å². The van der Waals surface area contributed by atoms with Gasteiger partial charge in [0.2, 0.25) is 0 Å². The molecule has 1 aromatic rings. The molecule has 0 saturated heterocycles. The summed E-state index contributed by atoms with van der Waals surface area (Å²) in [4.78, 5) is 8.99. The van der Waals surface area contributed by atoms with Crippen molar-refractivity contribution in [3.8, 4) is 0 Å². The summed E-state index contributed by atoms with van der Waals surface area (Å²) in [5, 5.41) is 0.141. The monoisotopic (exact) mass is 252 g/mol. The fourth-order valence-corrected chi connectivity index (χ4v) is 3.08. The van der Waals surface area contributed by atoms with Crippen molar-refractivity contribution < 1.29 is 0 Å². The van der Waals surface area contributed by atoms with Gasteiger partial charge in [-0.1, -0.05) is 13.3 Å². The highest BCUT2D eigenvalue weighted by atomic mass is 35.5. The van der Waals surface area contributed by atoms with Crippen molar-refractivity contribution in [2.75, 3.05) is 0 Å². The smallest absolute Gasteiger partial charge is 0.115 e. The number of hydrogen-bond donors (Lipinski definition) is 0. The van der Waals surface area contributed by atoms with Crippen LogP contribution in [-0.4, -0.2) is 15.3 Å². The number of aromatic nitrogens is 2. The van der Waals surface area contributed by atoms with Crippen LogP contribution in [-0.2, 0) is 12.8 Å². The Morgan fingerprint density at radius 2 is 2.00 bits per heavy atom. The Hall–Kier alpha value is -0.630. The summed E-state index contributed by atoms with van der Waals surface area (Å²) in [6.45, 7) is 4.26. The second-order valence-corrected chi connectivity index (χ2v) is 5.63. The van der Waals surface area contributed by atoms with Gasteiger partial charge in [0.15, 0.2) is 0 Å². The van der Waals surface area contributed by atoms with Gasteiger partial charge in [-0.25, -0.2) is 9.97 Å². The molecule has 0 radical (unpaired) electrons. The van der Waals surface area contributed by atoms with Gasteiger partial charge in [-0.2, -0.15) is 0 Å². The summed E-state index contributed by atoms with van der Waals surface area (Å²) in [6.07, 6.45) is 8.85. The third-order valence-corrected chi connectivity index (χ3v) is 4.06. The molecule has 0 amide bonds. The lowest BCUT2D eigenvalue weighted by molar-refractivity contribution is 0.615. The van der Waals surface area contributed by atoms with Gasteiger partial charge in [0.25, 0.3) is 0 Å². The zero-order chi connectivity index (χ0) is 12.3. The molecule has 0 bridgehead atoms. The van der Waals surface area contributed by atoms with Gasteiger partial charge in [-0.05, 0) is 44.6 Å². The van der Waals surface area contributed by atoms with Crippen LogP contribution in [0.5, 0.6) is 0 Å². The van der Waals surface area contributed by atoms with Crippen LogP contribution in [0.25, 0.3) is 0 Å². The molecule has 2 nitrogen and oxygen atoms in total. The van der Waals surface area contributed by atoms with Crippen molar-refractivity contribution >= 4 is 11.6 Å². The van der Waals surface area contributed by atoms with E-state index in [-0.39, 0.29) is 5.38 Å². The Kier molecular flexibility index (Phi) is 4.38. The van der Waals surface area contributed by atoms with Gasteiger partial charge < -0.3 is 0 Å². The molecule has 0 aromatic carbocycles. The number of alkyl halides is 1. The van der Waals surface area contributed by atoms with Gasteiger partial charge >= 0.3 is 0 Å². The number of aryl methyl sites for hydroxylation is 1. The summed E-state index contributed by atoms with van der Waals surface area (Å²) in [5.41, 5.74) is 3.87. The van der Waals surface area contributed by atoms with Crippen LogP contribution in [0.15, 0.2) is 6.33 Å². The van der Waals surface area contributed by atoms with E-state index < -0.39 is 0 Å². The third kappa shape index (κ3) is 2.79. The molecule has 1 aliphatic rings. The number of fused-ring (bicyclic) bond motifs is 1. The summed E-state index contributed by atoms with van der Waals surface area (Å²) < 4.78 is 0. The second kappa shape index (κ2) is 5.81. The molecule has 2 unspecified atom stereocenters. The average molecular weight is 253 g/mol.